The van der Waals surface area contributed by atoms with Crippen LogP contribution in [0.15, 0.2) is 83.8 Å². The molecule has 0 aromatic heterocycles. The Morgan fingerprint density at radius 1 is 0.929 bits per heavy atom. The smallest absolute Gasteiger partial charge is 0.261 e. The monoisotopic (exact) mass is 391 g/mol. The number of amides is 1. The molecule has 0 atom stereocenters. The largest absolute Gasteiger partial charge is 0.348 e. The van der Waals surface area contributed by atoms with Crippen LogP contribution in [-0.2, 0) is 16.6 Å². The lowest BCUT2D eigenvalue weighted by atomic mass is 10.1. The van der Waals surface area contributed by atoms with Crippen molar-refractivity contribution < 1.29 is 13.2 Å². The average Bonchev–Trinajstić information content (AvgIpc) is 2.73. The second-order valence-electron chi connectivity index (χ2n) is 5.96. The van der Waals surface area contributed by atoms with E-state index >= 15 is 0 Å². The molecule has 0 spiro atoms. The molecular formula is C21H17N3O3S. The van der Waals surface area contributed by atoms with Gasteiger partial charge in [0.2, 0.25) is 0 Å². The van der Waals surface area contributed by atoms with Crippen molar-refractivity contribution in [3.05, 3.63) is 95.6 Å². The van der Waals surface area contributed by atoms with E-state index in [-0.39, 0.29) is 21.7 Å². The molecule has 0 aliphatic heterocycles. The second kappa shape index (κ2) is 8.37. The van der Waals surface area contributed by atoms with E-state index in [2.05, 4.69) is 10.0 Å². The molecule has 0 fully saturated rings. The zero-order chi connectivity index (χ0) is 20.0. The lowest BCUT2D eigenvalue weighted by Gasteiger charge is -2.13. The van der Waals surface area contributed by atoms with Gasteiger partial charge >= 0.3 is 0 Å². The summed E-state index contributed by atoms with van der Waals surface area (Å²) in [5.74, 6) is -0.395. The van der Waals surface area contributed by atoms with E-state index in [0.29, 0.717) is 6.54 Å². The molecule has 3 aromatic rings. The molecule has 0 bridgehead atoms. The topological polar surface area (TPSA) is 99.1 Å². The molecule has 7 heteroatoms. The van der Waals surface area contributed by atoms with Crippen LogP contribution in [0.1, 0.15) is 21.5 Å². The third-order valence-corrected chi connectivity index (χ3v) is 5.35. The van der Waals surface area contributed by atoms with Gasteiger partial charge in [0, 0.05) is 6.54 Å². The molecule has 0 aliphatic carbocycles. The summed E-state index contributed by atoms with van der Waals surface area (Å²) in [6.45, 7) is 0.324. The fourth-order valence-corrected chi connectivity index (χ4v) is 3.71. The van der Waals surface area contributed by atoms with Crippen LogP contribution in [0.25, 0.3) is 0 Å². The Kier molecular flexibility index (Phi) is 5.72. The minimum absolute atomic E-state index is 0.0500. The van der Waals surface area contributed by atoms with Gasteiger partial charge in [-0.15, -0.1) is 0 Å². The number of rotatable bonds is 6. The van der Waals surface area contributed by atoms with Gasteiger partial charge in [-0.3, -0.25) is 9.52 Å². The summed E-state index contributed by atoms with van der Waals surface area (Å²) in [6.07, 6.45) is 0. The number of hydrogen-bond donors (Lipinski definition) is 2. The minimum Gasteiger partial charge on any atom is -0.348 e. The van der Waals surface area contributed by atoms with Gasteiger partial charge < -0.3 is 5.32 Å². The highest BCUT2D eigenvalue weighted by atomic mass is 32.2. The number of nitriles is 1. The van der Waals surface area contributed by atoms with Gasteiger partial charge in [-0.05, 0) is 35.9 Å². The third kappa shape index (κ3) is 4.55. The van der Waals surface area contributed by atoms with Gasteiger partial charge in [0.15, 0.2) is 0 Å². The third-order valence-electron chi connectivity index (χ3n) is 3.99. The van der Waals surface area contributed by atoms with Crippen LogP contribution in [0.2, 0.25) is 0 Å². The maximum Gasteiger partial charge on any atom is 0.261 e. The van der Waals surface area contributed by atoms with E-state index in [1.165, 1.54) is 30.3 Å². The number of hydrogen-bond acceptors (Lipinski definition) is 4. The molecule has 0 heterocycles. The first-order valence-electron chi connectivity index (χ1n) is 8.44. The quantitative estimate of drug-likeness (QED) is 0.673. The average molecular weight is 391 g/mol. The van der Waals surface area contributed by atoms with Crippen LogP contribution < -0.4 is 10.0 Å². The van der Waals surface area contributed by atoms with Gasteiger partial charge in [0.25, 0.3) is 15.9 Å². The number of carbonyl (C=O) groups is 1. The molecule has 0 unspecified atom stereocenters. The first-order chi connectivity index (χ1) is 13.5. The molecule has 2 N–H and O–H groups in total. The van der Waals surface area contributed by atoms with Crippen molar-refractivity contribution in [2.24, 2.45) is 0 Å². The number of sulfonamides is 1. The Labute approximate surface area is 163 Å². The number of benzene rings is 3. The number of nitrogens with zero attached hydrogens (tertiary/aromatic N) is 1. The molecule has 140 valence electrons. The van der Waals surface area contributed by atoms with Gasteiger partial charge in [0.05, 0.1) is 27.8 Å². The zero-order valence-corrected chi connectivity index (χ0v) is 15.6. The van der Waals surface area contributed by atoms with E-state index in [1.54, 1.807) is 18.2 Å². The maximum atomic E-state index is 12.7. The number of anilines is 1. The maximum absolute atomic E-state index is 12.7. The van der Waals surface area contributed by atoms with E-state index in [4.69, 9.17) is 5.26 Å². The van der Waals surface area contributed by atoms with Crippen molar-refractivity contribution in [1.29, 1.82) is 5.26 Å². The van der Waals surface area contributed by atoms with Crippen LogP contribution >= 0.6 is 0 Å². The molecular weight excluding hydrogens is 374 g/mol. The lowest BCUT2D eigenvalue weighted by molar-refractivity contribution is 0.0952. The molecule has 0 saturated carbocycles. The van der Waals surface area contributed by atoms with Crippen LogP contribution in [0, 0.1) is 11.3 Å². The molecule has 6 nitrogen and oxygen atoms in total. The van der Waals surface area contributed by atoms with Crippen molar-refractivity contribution in [2.45, 2.75) is 11.4 Å². The van der Waals surface area contributed by atoms with Gasteiger partial charge in [-0.25, -0.2) is 8.42 Å². The highest BCUT2D eigenvalue weighted by molar-refractivity contribution is 7.92. The Bertz CT molecular complexity index is 1140. The summed E-state index contributed by atoms with van der Waals surface area (Å²) in [7, 11) is -3.95. The van der Waals surface area contributed by atoms with Crippen LogP contribution in [0.4, 0.5) is 5.69 Å². The highest BCUT2D eigenvalue weighted by Crippen LogP contribution is 2.21. The number of nitrogens with one attached hydrogen (secondary N) is 2. The Morgan fingerprint density at radius 3 is 2.39 bits per heavy atom. The van der Waals surface area contributed by atoms with Gasteiger partial charge in [0.1, 0.15) is 0 Å². The van der Waals surface area contributed by atoms with E-state index in [1.807, 2.05) is 36.4 Å². The lowest BCUT2D eigenvalue weighted by Crippen LogP contribution is -2.25. The summed E-state index contributed by atoms with van der Waals surface area (Å²) in [6, 6.07) is 23.3. The summed E-state index contributed by atoms with van der Waals surface area (Å²) in [5, 5.41) is 11.8. The minimum atomic E-state index is -3.95. The summed E-state index contributed by atoms with van der Waals surface area (Å²) < 4.78 is 27.8. The molecule has 3 aromatic carbocycles. The number of para-hydroxylation sites is 1. The van der Waals surface area contributed by atoms with Crippen LogP contribution in [-0.4, -0.2) is 14.3 Å². The van der Waals surface area contributed by atoms with E-state index in [9.17, 15) is 13.2 Å². The Balaban J connectivity index is 1.81. The number of carbonyl (C=O) groups excluding carboxylic acids is 1. The molecule has 0 aliphatic rings. The Morgan fingerprint density at radius 2 is 1.64 bits per heavy atom. The summed E-state index contributed by atoms with van der Waals surface area (Å²) >= 11 is 0. The summed E-state index contributed by atoms with van der Waals surface area (Å²) in [5.41, 5.74) is 1.54. The van der Waals surface area contributed by atoms with Crippen LogP contribution in [0.5, 0.6) is 0 Å². The normalized spacial score (nSPS) is 10.7. The first kappa shape index (κ1) is 19.1. The highest BCUT2D eigenvalue weighted by Gasteiger charge is 2.19. The predicted octanol–water partition coefficient (Wildman–Crippen LogP) is 3.29. The van der Waals surface area contributed by atoms with Crippen molar-refractivity contribution in [1.82, 2.24) is 5.32 Å². The fraction of sp³-hybridized carbons (Fsp3) is 0.0476. The van der Waals surface area contributed by atoms with Gasteiger partial charge in [-0.2, -0.15) is 5.26 Å². The van der Waals surface area contributed by atoms with Gasteiger partial charge in [-0.1, -0.05) is 48.5 Å². The second-order valence-corrected chi connectivity index (χ2v) is 7.64. The molecule has 1 amide bonds. The van der Waals surface area contributed by atoms with E-state index in [0.717, 1.165) is 5.56 Å². The fourth-order valence-electron chi connectivity index (χ4n) is 2.58. The molecule has 3 rings (SSSR count). The molecule has 0 saturated heterocycles. The van der Waals surface area contributed by atoms with Crippen molar-refractivity contribution >= 4 is 21.6 Å². The SMILES string of the molecule is N#Cc1cccc(S(=O)(=O)Nc2ccccc2C(=O)NCc2ccccc2)c1. The zero-order valence-electron chi connectivity index (χ0n) is 14.8. The van der Waals surface area contributed by atoms with Crippen molar-refractivity contribution in [3.8, 4) is 6.07 Å². The predicted molar refractivity (Wildman–Crippen MR) is 106 cm³/mol. The van der Waals surface area contributed by atoms with Crippen molar-refractivity contribution in [3.63, 3.8) is 0 Å². The van der Waals surface area contributed by atoms with Crippen molar-refractivity contribution in [2.75, 3.05) is 4.72 Å². The van der Waals surface area contributed by atoms with E-state index < -0.39 is 15.9 Å². The Hall–Kier alpha value is -3.63. The molecule has 28 heavy (non-hydrogen) atoms. The molecule has 0 radical (unpaired) electrons. The summed E-state index contributed by atoms with van der Waals surface area (Å²) in [4.78, 5) is 12.5. The van der Waals surface area contributed by atoms with Crippen LogP contribution in [0.3, 0.4) is 0 Å². The first-order valence-corrected chi connectivity index (χ1v) is 9.92. The standard InChI is InChI=1S/C21H17N3O3S/c22-14-17-9-6-10-18(13-17)28(26,27)24-20-12-5-4-11-19(20)21(25)23-15-16-7-2-1-3-8-16/h1-13,24H,15H2,(H,23,25).